The summed E-state index contributed by atoms with van der Waals surface area (Å²) in [5.41, 5.74) is 35.2. The van der Waals surface area contributed by atoms with Crippen molar-refractivity contribution in [3.05, 3.63) is 186 Å². The average molecular weight is 1150 g/mol. The summed E-state index contributed by atoms with van der Waals surface area (Å²) in [6.07, 6.45) is 10.1. The smallest absolute Gasteiger partial charge is 0.257 e. The molecule has 10 aromatic rings. The molecule has 2 fully saturated rings. The Morgan fingerprint density at radius 2 is 1.39 bits per heavy atom. The van der Waals surface area contributed by atoms with Gasteiger partial charge in [0, 0.05) is 105 Å². The van der Waals surface area contributed by atoms with Crippen molar-refractivity contribution in [3.8, 4) is 11.1 Å². The molecular formula is C69H76N12O3S. The second-order valence-corrected chi connectivity index (χ2v) is 24.9. The number of pyridine rings is 1. The molecule has 0 saturated heterocycles. The number of fused-ring (bicyclic) bond motifs is 5. The van der Waals surface area contributed by atoms with Crippen LogP contribution in [0.4, 0.5) is 45.1 Å². The second kappa shape index (κ2) is 24.7. The molecule has 5 heterocycles. The van der Waals surface area contributed by atoms with Crippen molar-refractivity contribution in [2.24, 2.45) is 23.2 Å². The molecule has 14 rings (SSSR count). The molecule has 2 saturated carbocycles. The fourth-order valence-electron chi connectivity index (χ4n) is 13.8. The maximum atomic E-state index is 13.5. The summed E-state index contributed by atoms with van der Waals surface area (Å²) in [5.74, 6) is 2.91. The molecule has 85 heavy (non-hydrogen) atoms. The first-order valence-corrected chi connectivity index (χ1v) is 30.1. The number of methoxy groups -OCH3 is 1. The molecule has 15 nitrogen and oxygen atoms in total. The van der Waals surface area contributed by atoms with Gasteiger partial charge in [-0.05, 0) is 159 Å². The number of amides is 1. The molecule has 436 valence electrons. The topological polar surface area (TPSA) is 230 Å². The van der Waals surface area contributed by atoms with Crippen LogP contribution in [0, 0.1) is 30.1 Å². The highest BCUT2D eigenvalue weighted by molar-refractivity contribution is 7.22. The van der Waals surface area contributed by atoms with Crippen LogP contribution < -0.4 is 43.8 Å². The van der Waals surface area contributed by atoms with E-state index in [9.17, 15) is 9.59 Å². The highest BCUT2D eigenvalue weighted by Crippen LogP contribution is 2.54. The molecule has 7 aromatic carbocycles. The third-order valence-corrected chi connectivity index (χ3v) is 18.1. The number of rotatable bonds is 9. The van der Waals surface area contributed by atoms with Crippen molar-refractivity contribution in [2.75, 3.05) is 64.0 Å². The van der Waals surface area contributed by atoms with E-state index in [0.29, 0.717) is 35.0 Å². The molecule has 3 atom stereocenters. The lowest BCUT2D eigenvalue weighted by Gasteiger charge is -2.50. The minimum Gasteiger partial charge on any atom is -0.399 e. The van der Waals surface area contributed by atoms with Gasteiger partial charge in [-0.3, -0.25) is 19.6 Å². The number of nitrogen functional groups attached to an aromatic ring is 4. The van der Waals surface area contributed by atoms with Gasteiger partial charge in [0.1, 0.15) is 17.2 Å². The zero-order valence-corrected chi connectivity index (χ0v) is 49.9. The lowest BCUT2D eigenvalue weighted by molar-refractivity contribution is 0.00177. The molecule has 2 bridgehead atoms. The number of nitrogens with two attached hydrogens (primary N) is 4. The second-order valence-electron chi connectivity index (χ2n) is 23.9. The Morgan fingerprint density at radius 1 is 0.741 bits per heavy atom. The van der Waals surface area contributed by atoms with Crippen LogP contribution in [-0.2, 0) is 24.2 Å². The standard InChI is InChI=1S/C39H42N6O2S.C14H17N3O.C10H10N2.C6H7N/c1-24-15-27-16-25(2)18-39(17-24,19-27)23-45-26(3)31(20-40-45)29-11-12-36(41-34(29)22-46)44-14-13-28-7-6-8-30(32(28)21-44)37(47)43-38-42-33-9-4-5-10-35(33)48-38;1-14(8-18-2)16-11-5-3-4-9-10(15)6-7-12(17-14)13(9)11;11-9-5-6-10(12)8-4-2-1-3-7(8)9;7-6-4-2-1-3-5-6/h4-12,20,22,24-25,27H,13-19,21,23H2,1-3H3,(H,42,43,47);3-7,16-17H,8,15H2,1-2H3;1-6H,11-12H2;1-5H,7H2. The maximum Gasteiger partial charge on any atom is 0.257 e. The monoisotopic (exact) mass is 1150 g/mol. The van der Waals surface area contributed by atoms with Crippen LogP contribution in [0.15, 0.2) is 158 Å². The number of hydrogen-bond donors (Lipinski definition) is 7. The lowest BCUT2D eigenvalue weighted by Crippen LogP contribution is -2.48. The van der Waals surface area contributed by atoms with E-state index in [2.05, 4.69) is 70.3 Å². The van der Waals surface area contributed by atoms with Crippen molar-refractivity contribution in [1.82, 2.24) is 19.7 Å². The van der Waals surface area contributed by atoms with Crippen LogP contribution in [0.2, 0.25) is 0 Å². The van der Waals surface area contributed by atoms with E-state index in [4.69, 9.17) is 37.8 Å². The van der Waals surface area contributed by atoms with E-state index in [-0.39, 0.29) is 11.6 Å². The van der Waals surface area contributed by atoms with E-state index in [1.807, 2.05) is 146 Å². The summed E-state index contributed by atoms with van der Waals surface area (Å²) < 4.78 is 8.49. The van der Waals surface area contributed by atoms with E-state index in [0.717, 1.165) is 143 Å². The number of nitrogens with one attached hydrogen (secondary N) is 3. The quantitative estimate of drug-likeness (QED) is 0.0527. The number of aromatic nitrogens is 4. The molecule has 2 aliphatic heterocycles. The lowest BCUT2D eigenvalue weighted by atomic mass is 9.57. The molecule has 3 aromatic heterocycles. The van der Waals surface area contributed by atoms with Gasteiger partial charge in [-0.25, -0.2) is 9.97 Å². The number of benzene rings is 7. The fourth-order valence-corrected chi connectivity index (χ4v) is 14.6. The van der Waals surface area contributed by atoms with Gasteiger partial charge in [0.2, 0.25) is 0 Å². The summed E-state index contributed by atoms with van der Waals surface area (Å²) in [4.78, 5) is 37.6. The predicted octanol–water partition coefficient (Wildman–Crippen LogP) is 14.2. The number of hydrogen-bond acceptors (Lipinski definition) is 14. The van der Waals surface area contributed by atoms with Gasteiger partial charge in [-0.2, -0.15) is 5.10 Å². The minimum absolute atomic E-state index is 0.169. The number of thiazole rings is 1. The molecule has 3 unspecified atom stereocenters. The third kappa shape index (κ3) is 12.6. The van der Waals surface area contributed by atoms with Gasteiger partial charge < -0.3 is 43.2 Å². The van der Waals surface area contributed by atoms with Crippen molar-refractivity contribution < 1.29 is 14.3 Å². The Morgan fingerprint density at radius 3 is 2.07 bits per heavy atom. The Hall–Kier alpha value is -8.99. The van der Waals surface area contributed by atoms with E-state index >= 15 is 0 Å². The van der Waals surface area contributed by atoms with Gasteiger partial charge in [-0.15, -0.1) is 0 Å². The minimum atomic E-state index is -0.299. The van der Waals surface area contributed by atoms with Gasteiger partial charge in [-0.1, -0.05) is 104 Å². The number of aldehydes is 1. The zero-order chi connectivity index (χ0) is 59.4. The molecule has 0 radical (unpaired) electrons. The van der Waals surface area contributed by atoms with Crippen molar-refractivity contribution in [3.63, 3.8) is 0 Å². The van der Waals surface area contributed by atoms with Crippen molar-refractivity contribution >= 4 is 100 Å². The molecule has 4 aliphatic rings. The average Bonchev–Trinajstić information content (AvgIpc) is 2.01. The first-order chi connectivity index (χ1) is 41.1. The van der Waals surface area contributed by atoms with E-state index in [1.54, 1.807) is 7.11 Å². The number of carbonyl (C=O) groups excluding carboxylic acids is 2. The first kappa shape index (κ1) is 57.8. The Kier molecular flexibility index (Phi) is 16.8. The highest BCUT2D eigenvalue weighted by Gasteiger charge is 2.45. The van der Waals surface area contributed by atoms with Gasteiger partial charge in [0.15, 0.2) is 11.4 Å². The summed E-state index contributed by atoms with van der Waals surface area (Å²) in [7, 11) is 1.70. The fraction of sp³-hybridized carbons (Fsp3) is 0.290. The Bertz CT molecular complexity index is 3940. The molecule has 16 heteroatoms. The van der Waals surface area contributed by atoms with Crippen LogP contribution >= 0.6 is 11.3 Å². The number of ether oxygens (including phenoxy) is 1. The van der Waals surface area contributed by atoms with Crippen molar-refractivity contribution in [1.29, 1.82) is 0 Å². The maximum absolute atomic E-state index is 13.5. The molecule has 11 N–H and O–H groups in total. The first-order valence-electron chi connectivity index (χ1n) is 29.3. The van der Waals surface area contributed by atoms with Gasteiger partial charge in [0.25, 0.3) is 5.91 Å². The van der Waals surface area contributed by atoms with Crippen LogP contribution in [-0.4, -0.2) is 57.9 Å². The predicted molar refractivity (Wildman–Crippen MR) is 351 cm³/mol. The highest BCUT2D eigenvalue weighted by atomic mass is 32.1. The summed E-state index contributed by atoms with van der Waals surface area (Å²) in [5, 5.41) is 19.7. The number of nitrogens with zero attached hydrogens (tertiary/aromatic N) is 5. The van der Waals surface area contributed by atoms with E-state index < -0.39 is 0 Å². The van der Waals surface area contributed by atoms with Crippen molar-refractivity contribution in [2.45, 2.75) is 85.0 Å². The summed E-state index contributed by atoms with van der Waals surface area (Å²) in [6.45, 7) is 11.8. The molecular weight excluding hydrogens is 1080 g/mol. The summed E-state index contributed by atoms with van der Waals surface area (Å²) in [6, 6.07) is 48.9. The van der Waals surface area contributed by atoms with Crippen LogP contribution in [0.3, 0.4) is 0 Å². The largest absolute Gasteiger partial charge is 0.399 e. The van der Waals surface area contributed by atoms with Crippen LogP contribution in [0.25, 0.3) is 42.9 Å². The van der Waals surface area contributed by atoms with Crippen LogP contribution in [0.5, 0.6) is 0 Å². The Balaban J connectivity index is 0.000000163. The van der Waals surface area contributed by atoms with Gasteiger partial charge in [0.05, 0.1) is 23.0 Å². The number of anilines is 8. The summed E-state index contributed by atoms with van der Waals surface area (Å²) >= 11 is 1.47. The van der Waals surface area contributed by atoms with E-state index in [1.165, 1.54) is 43.4 Å². The van der Waals surface area contributed by atoms with Gasteiger partial charge >= 0.3 is 0 Å². The molecule has 1 amide bonds. The van der Waals surface area contributed by atoms with Crippen LogP contribution in [0.1, 0.15) is 90.5 Å². The number of carbonyl (C=O) groups is 2. The molecule has 2 aliphatic carbocycles. The number of para-hydroxylation sites is 2. The molecule has 0 spiro atoms. The Labute approximate surface area is 501 Å². The SMILES string of the molecule is COCC1(C)Nc2cccc3c(N)ccc(c23)N1.Cc1c(-c2ccc(N3CCc4cccc(C(=O)Nc5nc6ccccc6s5)c4C3)nc2C=O)cnn1CC12CC(C)CC(CC(C)C1)C2.Nc1ccc(N)c2ccccc12.Nc1ccccc1. The normalized spacial score (nSPS) is 20.0. The zero-order valence-electron chi connectivity index (χ0n) is 49.1. The third-order valence-electron chi connectivity index (χ3n) is 17.1.